The van der Waals surface area contributed by atoms with Crippen LogP contribution in [0, 0.1) is 0 Å². The Bertz CT molecular complexity index is 513. The summed E-state index contributed by atoms with van der Waals surface area (Å²) >= 11 is 0. The van der Waals surface area contributed by atoms with E-state index in [4.69, 9.17) is 4.74 Å². The van der Waals surface area contributed by atoms with E-state index in [-0.39, 0.29) is 6.61 Å². The molecule has 12 heteroatoms. The first kappa shape index (κ1) is 20.5. The molecule has 2 unspecified atom stereocenters. The van der Waals surface area contributed by atoms with E-state index in [2.05, 4.69) is 0 Å². The van der Waals surface area contributed by atoms with E-state index in [0.717, 1.165) is 0 Å². The van der Waals surface area contributed by atoms with Crippen LogP contribution in [0.1, 0.15) is 19.8 Å². The van der Waals surface area contributed by atoms with Crippen molar-refractivity contribution >= 4 is 19.7 Å². The van der Waals surface area contributed by atoms with Crippen molar-refractivity contribution in [2.75, 3.05) is 19.2 Å². The topological polar surface area (TPSA) is 97.7 Å². The molecule has 0 aromatic carbocycles. The molecule has 6 nitrogen and oxygen atoms in total. The average molecular weight is 360 g/mol. The highest BCUT2D eigenvalue weighted by molar-refractivity contribution is 8.09. The number of sulfone groups is 2. The number of hydrogen-bond acceptors (Lipinski definition) is 6. The van der Waals surface area contributed by atoms with Crippen molar-refractivity contribution in [1.82, 2.24) is 0 Å². The van der Waals surface area contributed by atoms with Crippen LogP contribution in [-0.4, -0.2) is 57.4 Å². The van der Waals surface area contributed by atoms with Crippen LogP contribution >= 0.6 is 0 Å². The zero-order valence-electron chi connectivity index (χ0n) is 11.0. The highest BCUT2D eigenvalue weighted by Crippen LogP contribution is 2.32. The Labute approximate surface area is 119 Å². The fourth-order valence-corrected chi connectivity index (χ4v) is 4.79. The summed E-state index contributed by atoms with van der Waals surface area (Å²) < 4.78 is 96.2. The van der Waals surface area contributed by atoms with E-state index >= 15 is 0 Å². The first-order valence-corrected chi connectivity index (χ1v) is 8.99. The minimum atomic E-state index is -6.18. The molecule has 0 aromatic heterocycles. The van der Waals surface area contributed by atoms with E-state index in [1.54, 1.807) is 6.92 Å². The molecule has 2 atom stereocenters. The van der Waals surface area contributed by atoms with Gasteiger partial charge in [-0.25, -0.2) is 21.2 Å². The number of aliphatic hydroxyl groups excluding tert-OH is 1. The summed E-state index contributed by atoms with van der Waals surface area (Å²) in [5.41, 5.74) is -5.87. The SMILES string of the molecule is CCCOCC(O)CC(S(=O)(=O)CF)S(=O)(=O)C(F)(F)F. The zero-order chi connectivity index (χ0) is 16.9. The van der Waals surface area contributed by atoms with Gasteiger partial charge in [0.2, 0.25) is 0 Å². The molecule has 0 saturated carbocycles. The minimum Gasteiger partial charge on any atom is -0.391 e. The third kappa shape index (κ3) is 5.68. The van der Waals surface area contributed by atoms with Gasteiger partial charge in [-0.05, 0) is 6.42 Å². The van der Waals surface area contributed by atoms with Crippen molar-refractivity contribution in [2.24, 2.45) is 0 Å². The molecule has 0 fully saturated rings. The monoisotopic (exact) mass is 360 g/mol. The lowest BCUT2D eigenvalue weighted by molar-refractivity contribution is -0.0444. The van der Waals surface area contributed by atoms with Gasteiger partial charge >= 0.3 is 5.51 Å². The lowest BCUT2D eigenvalue weighted by atomic mass is 10.3. The molecule has 0 aromatic rings. The van der Waals surface area contributed by atoms with Crippen LogP contribution < -0.4 is 0 Å². The van der Waals surface area contributed by atoms with Gasteiger partial charge in [-0.3, -0.25) is 0 Å². The normalized spacial score (nSPS) is 16.7. The number of rotatable bonds is 9. The molecule has 0 aliphatic heterocycles. The Balaban J connectivity index is 5.31. The highest BCUT2D eigenvalue weighted by atomic mass is 32.3. The summed E-state index contributed by atoms with van der Waals surface area (Å²) in [5.74, 6) is 0. The van der Waals surface area contributed by atoms with E-state index in [1.807, 2.05) is 0 Å². The molecule has 128 valence electrons. The van der Waals surface area contributed by atoms with Gasteiger partial charge < -0.3 is 9.84 Å². The van der Waals surface area contributed by atoms with Crippen LogP contribution in [0.4, 0.5) is 17.6 Å². The van der Waals surface area contributed by atoms with Crippen molar-refractivity contribution in [3.05, 3.63) is 0 Å². The number of alkyl halides is 4. The first-order chi connectivity index (χ1) is 9.40. The number of halogens is 4. The van der Waals surface area contributed by atoms with Gasteiger partial charge in [0.25, 0.3) is 9.84 Å². The smallest absolute Gasteiger partial charge is 0.391 e. The van der Waals surface area contributed by atoms with Gasteiger partial charge in [0.1, 0.15) is 0 Å². The van der Waals surface area contributed by atoms with Gasteiger partial charge in [-0.15, -0.1) is 0 Å². The summed E-state index contributed by atoms with van der Waals surface area (Å²) in [6, 6.07) is -2.28. The third-order valence-corrected chi connectivity index (χ3v) is 6.81. The number of hydrogen-bond donors (Lipinski definition) is 1. The van der Waals surface area contributed by atoms with Crippen LogP contribution in [0.3, 0.4) is 0 Å². The largest absolute Gasteiger partial charge is 0.498 e. The van der Waals surface area contributed by atoms with Crippen LogP contribution in [0.15, 0.2) is 0 Å². The van der Waals surface area contributed by atoms with Crippen molar-refractivity contribution in [3.63, 3.8) is 0 Å². The van der Waals surface area contributed by atoms with Gasteiger partial charge in [0.05, 0.1) is 12.7 Å². The first-order valence-electron chi connectivity index (χ1n) is 5.73. The molecule has 0 aliphatic carbocycles. The number of aliphatic hydroxyl groups is 1. The van der Waals surface area contributed by atoms with Gasteiger partial charge in [0.15, 0.2) is 20.4 Å². The lowest BCUT2D eigenvalue weighted by Gasteiger charge is -2.20. The lowest BCUT2D eigenvalue weighted by Crippen LogP contribution is -2.42. The Morgan fingerprint density at radius 1 is 1.19 bits per heavy atom. The second kappa shape index (κ2) is 7.70. The van der Waals surface area contributed by atoms with E-state index in [1.165, 1.54) is 0 Å². The number of ether oxygens (including phenoxy) is 1. The van der Waals surface area contributed by atoms with Crippen molar-refractivity contribution < 1.29 is 44.2 Å². The van der Waals surface area contributed by atoms with E-state index < -0.39 is 54.9 Å². The average Bonchev–Trinajstić information content (AvgIpc) is 2.34. The second-order valence-corrected chi connectivity index (χ2v) is 8.69. The quantitative estimate of drug-likeness (QED) is 0.482. The third-order valence-electron chi connectivity index (χ3n) is 2.34. The molecule has 0 aliphatic rings. The molecule has 0 saturated heterocycles. The maximum atomic E-state index is 12.4. The molecule has 0 spiro atoms. The van der Waals surface area contributed by atoms with Gasteiger partial charge in [-0.2, -0.15) is 13.2 Å². The minimum absolute atomic E-state index is 0.142. The summed E-state index contributed by atoms with van der Waals surface area (Å²) in [4.78, 5) is 0. The Hall–Kier alpha value is -0.460. The summed E-state index contributed by atoms with van der Waals surface area (Å²) in [6.07, 6.45) is -2.59. The molecule has 21 heavy (non-hydrogen) atoms. The van der Waals surface area contributed by atoms with Gasteiger partial charge in [-0.1, -0.05) is 6.92 Å². The highest BCUT2D eigenvalue weighted by Gasteiger charge is 2.55. The molecule has 0 bridgehead atoms. The predicted molar refractivity (Wildman–Crippen MR) is 65.4 cm³/mol. The molecule has 0 amide bonds. The van der Waals surface area contributed by atoms with Crippen molar-refractivity contribution in [3.8, 4) is 0 Å². The van der Waals surface area contributed by atoms with Crippen molar-refractivity contribution in [1.29, 1.82) is 0 Å². The fourth-order valence-electron chi connectivity index (χ4n) is 1.34. The second-order valence-electron chi connectivity index (χ2n) is 4.16. The van der Waals surface area contributed by atoms with Crippen LogP contribution in [0.5, 0.6) is 0 Å². The van der Waals surface area contributed by atoms with Crippen molar-refractivity contribution in [2.45, 2.75) is 36.0 Å². The van der Waals surface area contributed by atoms with Crippen LogP contribution in [0.2, 0.25) is 0 Å². The zero-order valence-corrected chi connectivity index (χ0v) is 12.6. The standard InChI is InChI=1S/C9H16F4O6S2/c1-2-3-19-5-7(14)4-8(20(15,16)6-10)21(17,18)9(11,12)13/h7-8,14H,2-6H2,1H3. The molecule has 0 radical (unpaired) electrons. The summed E-state index contributed by atoms with van der Waals surface area (Å²) in [5, 5.41) is 9.39. The maximum absolute atomic E-state index is 12.4. The Morgan fingerprint density at radius 3 is 2.10 bits per heavy atom. The van der Waals surface area contributed by atoms with Crippen LogP contribution in [-0.2, 0) is 24.4 Å². The molecular formula is C9H16F4O6S2. The summed E-state index contributed by atoms with van der Waals surface area (Å²) in [6.45, 7) is 1.29. The summed E-state index contributed by atoms with van der Waals surface area (Å²) in [7, 11) is -11.4. The van der Waals surface area contributed by atoms with Crippen LogP contribution in [0.25, 0.3) is 0 Å². The molecule has 0 rings (SSSR count). The van der Waals surface area contributed by atoms with E-state index in [9.17, 15) is 39.5 Å². The fraction of sp³-hybridized carbons (Fsp3) is 1.00. The molecular weight excluding hydrogens is 344 g/mol. The predicted octanol–water partition coefficient (Wildman–Crippen LogP) is 0.767. The van der Waals surface area contributed by atoms with Gasteiger partial charge in [0, 0.05) is 13.0 Å². The Morgan fingerprint density at radius 2 is 1.71 bits per heavy atom. The molecule has 0 heterocycles. The molecule has 1 N–H and O–H groups in total. The van der Waals surface area contributed by atoms with E-state index in [0.29, 0.717) is 6.42 Å². The maximum Gasteiger partial charge on any atom is 0.498 e. The Kier molecular flexibility index (Phi) is 7.53.